The molecule has 0 aliphatic heterocycles. The van der Waals surface area contributed by atoms with Gasteiger partial charge in [0.15, 0.2) is 13.1 Å². The Morgan fingerprint density at radius 2 is 1.72 bits per heavy atom. The number of nitrogens with one attached hydrogen (secondary N) is 3. The first-order valence-corrected chi connectivity index (χ1v) is 8.48. The van der Waals surface area contributed by atoms with Crippen molar-refractivity contribution in [1.82, 2.24) is 5.32 Å². The zero-order valence-electron chi connectivity index (χ0n) is 16.0. The van der Waals surface area contributed by atoms with E-state index in [9.17, 15) is 14.9 Å². The minimum absolute atomic E-state index is 0.00548. The molecule has 6 nitrogen and oxygen atoms in total. The van der Waals surface area contributed by atoms with Crippen LogP contribution in [-0.2, 0) is 9.59 Å². The third-order valence-electron chi connectivity index (χ3n) is 4.46. The van der Waals surface area contributed by atoms with Crippen molar-refractivity contribution in [3.63, 3.8) is 0 Å². The van der Waals surface area contributed by atoms with Gasteiger partial charge in [-0.25, -0.2) is 0 Å². The third-order valence-corrected chi connectivity index (χ3v) is 4.46. The van der Waals surface area contributed by atoms with Crippen LogP contribution in [0, 0.1) is 31.1 Å². The number of hydrogen-bond donors (Lipinski definition) is 3. The summed E-state index contributed by atoms with van der Waals surface area (Å²) in [5.41, 5.74) is 1.93. The molecule has 136 valence electrons. The molecule has 0 spiro atoms. The zero-order valence-corrected chi connectivity index (χ0v) is 16.0. The molecule has 0 heterocycles. The van der Waals surface area contributed by atoms with Gasteiger partial charge in [-0.1, -0.05) is 32.0 Å². The number of carbonyl (C=O) groups excluding carboxylic acids is 2. The van der Waals surface area contributed by atoms with Crippen molar-refractivity contribution < 1.29 is 14.5 Å². The van der Waals surface area contributed by atoms with Gasteiger partial charge in [0, 0.05) is 5.69 Å². The number of quaternary nitrogens is 1. The van der Waals surface area contributed by atoms with Gasteiger partial charge in [-0.3, -0.25) is 9.59 Å². The Bertz CT molecular complexity index is 658. The van der Waals surface area contributed by atoms with Crippen molar-refractivity contribution in [2.45, 2.75) is 40.2 Å². The maximum absolute atomic E-state index is 12.2. The van der Waals surface area contributed by atoms with Crippen LogP contribution in [0.25, 0.3) is 0 Å². The number of likely N-dealkylation sites (N-methyl/N-ethyl adjacent to an activating group) is 1. The van der Waals surface area contributed by atoms with Gasteiger partial charge in [0.1, 0.15) is 5.54 Å². The molecule has 0 aromatic heterocycles. The largest absolute Gasteiger partial charge is 0.333 e. The second-order valence-electron chi connectivity index (χ2n) is 7.14. The van der Waals surface area contributed by atoms with Gasteiger partial charge in [0.2, 0.25) is 0 Å². The van der Waals surface area contributed by atoms with Gasteiger partial charge in [-0.2, -0.15) is 5.26 Å². The lowest BCUT2D eigenvalue weighted by molar-refractivity contribution is -0.862. The molecule has 0 aliphatic carbocycles. The number of nitrogens with zero attached hydrogens (tertiary/aromatic N) is 1. The topological polar surface area (TPSA) is 86.4 Å². The van der Waals surface area contributed by atoms with Crippen LogP contribution in [-0.4, -0.2) is 37.5 Å². The second kappa shape index (κ2) is 8.63. The number of carbonyl (C=O) groups is 2. The average Bonchev–Trinajstić information content (AvgIpc) is 2.50. The number of rotatable bonds is 7. The van der Waals surface area contributed by atoms with Crippen molar-refractivity contribution >= 4 is 17.5 Å². The van der Waals surface area contributed by atoms with E-state index in [2.05, 4.69) is 16.7 Å². The van der Waals surface area contributed by atoms with Crippen LogP contribution in [0.5, 0.6) is 0 Å². The van der Waals surface area contributed by atoms with E-state index in [1.807, 2.05) is 45.9 Å². The highest BCUT2D eigenvalue weighted by atomic mass is 16.2. The van der Waals surface area contributed by atoms with E-state index in [0.717, 1.165) is 21.7 Å². The maximum Gasteiger partial charge on any atom is 0.279 e. The van der Waals surface area contributed by atoms with E-state index in [-0.39, 0.29) is 30.8 Å². The average molecular weight is 345 g/mol. The van der Waals surface area contributed by atoms with Gasteiger partial charge < -0.3 is 15.5 Å². The molecule has 1 unspecified atom stereocenters. The molecule has 0 aliphatic rings. The molecule has 0 radical (unpaired) electrons. The predicted octanol–water partition coefficient (Wildman–Crippen LogP) is 0.811. The summed E-state index contributed by atoms with van der Waals surface area (Å²) >= 11 is 0. The summed E-state index contributed by atoms with van der Waals surface area (Å²) in [6.45, 7) is 9.67. The summed E-state index contributed by atoms with van der Waals surface area (Å²) in [7, 11) is 1.78. The smallest absolute Gasteiger partial charge is 0.279 e. The van der Waals surface area contributed by atoms with Gasteiger partial charge >= 0.3 is 0 Å². The Balaban J connectivity index is 2.59. The Kier molecular flexibility index (Phi) is 7.13. The van der Waals surface area contributed by atoms with Gasteiger partial charge in [-0.05, 0) is 37.8 Å². The second-order valence-corrected chi connectivity index (χ2v) is 7.14. The number of hydrogen-bond acceptors (Lipinski definition) is 3. The molecule has 0 saturated carbocycles. The van der Waals surface area contributed by atoms with Crippen molar-refractivity contribution in [2.24, 2.45) is 5.92 Å². The monoisotopic (exact) mass is 345 g/mol. The van der Waals surface area contributed by atoms with Crippen LogP contribution in [0.1, 0.15) is 31.9 Å². The van der Waals surface area contributed by atoms with Crippen molar-refractivity contribution in [2.75, 3.05) is 25.5 Å². The van der Waals surface area contributed by atoms with Gasteiger partial charge in [0.25, 0.3) is 11.8 Å². The minimum atomic E-state index is -0.905. The summed E-state index contributed by atoms with van der Waals surface area (Å²) in [5.74, 6) is -0.390. The Morgan fingerprint density at radius 3 is 2.20 bits per heavy atom. The molecular formula is C19H29N4O2+. The van der Waals surface area contributed by atoms with Crippen LogP contribution < -0.4 is 15.5 Å². The summed E-state index contributed by atoms with van der Waals surface area (Å²) in [5, 5.41) is 14.9. The normalized spacial score (nSPS) is 14.3. The fraction of sp³-hybridized carbons (Fsp3) is 0.526. The molecule has 1 aromatic carbocycles. The lowest BCUT2D eigenvalue weighted by atomic mass is 9.90. The highest BCUT2D eigenvalue weighted by Gasteiger charge is 2.31. The number of nitriles is 1. The van der Waals surface area contributed by atoms with E-state index in [4.69, 9.17) is 0 Å². The van der Waals surface area contributed by atoms with Crippen LogP contribution >= 0.6 is 0 Å². The van der Waals surface area contributed by atoms with Crippen molar-refractivity contribution in [1.29, 1.82) is 5.26 Å². The highest BCUT2D eigenvalue weighted by molar-refractivity contribution is 5.93. The van der Waals surface area contributed by atoms with Crippen LogP contribution in [0.2, 0.25) is 0 Å². The molecule has 25 heavy (non-hydrogen) atoms. The van der Waals surface area contributed by atoms with Crippen molar-refractivity contribution in [3.8, 4) is 6.07 Å². The van der Waals surface area contributed by atoms with Crippen LogP contribution in [0.3, 0.4) is 0 Å². The first-order valence-electron chi connectivity index (χ1n) is 8.48. The number of para-hydroxylation sites is 1. The maximum atomic E-state index is 12.2. The third kappa shape index (κ3) is 5.87. The Morgan fingerprint density at radius 1 is 1.20 bits per heavy atom. The van der Waals surface area contributed by atoms with Crippen molar-refractivity contribution in [3.05, 3.63) is 29.3 Å². The molecule has 0 fully saturated rings. The molecule has 2 atom stereocenters. The fourth-order valence-corrected chi connectivity index (χ4v) is 2.44. The van der Waals surface area contributed by atoms with E-state index in [1.54, 1.807) is 14.0 Å². The summed E-state index contributed by atoms with van der Waals surface area (Å²) in [6, 6.07) is 7.99. The summed E-state index contributed by atoms with van der Waals surface area (Å²) in [4.78, 5) is 25.2. The Labute approximate surface area is 150 Å². The minimum Gasteiger partial charge on any atom is -0.333 e. The van der Waals surface area contributed by atoms with E-state index >= 15 is 0 Å². The number of aryl methyl sites for hydroxylation is 2. The fourth-order valence-electron chi connectivity index (χ4n) is 2.44. The number of benzene rings is 1. The number of anilines is 1. The van der Waals surface area contributed by atoms with E-state index < -0.39 is 5.54 Å². The molecule has 2 amide bonds. The molecular weight excluding hydrogens is 316 g/mol. The summed E-state index contributed by atoms with van der Waals surface area (Å²) < 4.78 is 0. The Hall–Kier alpha value is -2.39. The van der Waals surface area contributed by atoms with E-state index in [0.29, 0.717) is 0 Å². The standard InChI is InChI=1S/C19H28N4O2/c1-13(2)19(5,12-20)22-17(25)11-23(6)10-16(24)21-18-14(3)8-7-9-15(18)4/h7-9,13H,10-11H2,1-6H3,(H,21,24)(H,22,25)/p+1/t19-/m0/s1. The SMILES string of the molecule is Cc1cccc(C)c1NC(=O)C[NH+](C)CC(=O)N[C@@](C)(C#N)C(C)C. The quantitative estimate of drug-likeness (QED) is 0.683. The van der Waals surface area contributed by atoms with E-state index in [1.165, 1.54) is 0 Å². The number of amides is 2. The highest BCUT2D eigenvalue weighted by Crippen LogP contribution is 2.18. The first-order chi connectivity index (χ1) is 11.6. The predicted molar refractivity (Wildman–Crippen MR) is 98.2 cm³/mol. The molecule has 0 bridgehead atoms. The summed E-state index contributed by atoms with van der Waals surface area (Å²) in [6.07, 6.45) is 0. The molecule has 0 saturated heterocycles. The van der Waals surface area contributed by atoms with Crippen LogP contribution in [0.4, 0.5) is 5.69 Å². The van der Waals surface area contributed by atoms with Crippen LogP contribution in [0.15, 0.2) is 18.2 Å². The zero-order chi connectivity index (χ0) is 19.2. The van der Waals surface area contributed by atoms with Gasteiger partial charge in [0.05, 0.1) is 13.1 Å². The molecule has 1 rings (SSSR count). The van der Waals surface area contributed by atoms with Gasteiger partial charge in [-0.15, -0.1) is 0 Å². The lowest BCUT2D eigenvalue weighted by Crippen LogP contribution is -3.11. The first kappa shape index (κ1) is 20.7. The molecule has 3 N–H and O–H groups in total. The lowest BCUT2D eigenvalue weighted by Gasteiger charge is -2.27. The molecule has 1 aromatic rings. The molecule has 6 heteroatoms.